The molecular weight excluding hydrogens is 419 g/mol. The third-order valence-corrected chi connectivity index (χ3v) is 5.11. The van der Waals surface area contributed by atoms with Crippen LogP contribution in [0.5, 0.6) is 0 Å². The van der Waals surface area contributed by atoms with Gasteiger partial charge in [-0.1, -0.05) is 46.9 Å². The smallest absolute Gasteiger partial charge is 0.210 e. The molecule has 0 saturated carbocycles. The minimum absolute atomic E-state index is 0.0194. The van der Waals surface area contributed by atoms with Gasteiger partial charge in [0.1, 0.15) is 0 Å². The van der Waals surface area contributed by atoms with Gasteiger partial charge in [0, 0.05) is 24.0 Å². The van der Waals surface area contributed by atoms with Gasteiger partial charge >= 0.3 is 0 Å². The quantitative estimate of drug-likeness (QED) is 0.265. The van der Waals surface area contributed by atoms with Crippen LogP contribution in [0.2, 0.25) is 15.1 Å². The molecule has 2 aromatic carbocycles. The van der Waals surface area contributed by atoms with E-state index in [-0.39, 0.29) is 5.96 Å². The van der Waals surface area contributed by atoms with E-state index in [2.05, 4.69) is 16.2 Å². The zero-order chi connectivity index (χ0) is 20.1. The van der Waals surface area contributed by atoms with Crippen molar-refractivity contribution in [3.63, 3.8) is 0 Å². The fourth-order valence-corrected chi connectivity index (χ4v) is 3.23. The Morgan fingerprint density at radius 3 is 2.61 bits per heavy atom. The van der Waals surface area contributed by atoms with Crippen LogP contribution in [0.3, 0.4) is 0 Å². The van der Waals surface area contributed by atoms with Crippen LogP contribution in [0, 0.1) is 11.5 Å². The molecule has 28 heavy (non-hydrogen) atoms. The molecule has 1 atom stereocenters. The molecule has 0 aliphatic carbocycles. The standard InChI is InChI=1S/C19H15Cl3N6/c20-13-4-6-14(7-5-13)26-19(24)28(11-23)17(10-27-9-8-25-12-27)15-2-1-3-16(21)18(15)22/h1-9,12,17H,10H2,(H2,24,26). The third-order valence-electron chi connectivity index (χ3n) is 4.02. The lowest BCUT2D eigenvalue weighted by Crippen LogP contribution is -2.38. The minimum atomic E-state index is -0.540. The Bertz CT molecular complexity index is 1010. The van der Waals surface area contributed by atoms with Gasteiger partial charge in [-0.05, 0) is 35.9 Å². The van der Waals surface area contributed by atoms with Crippen molar-refractivity contribution in [1.29, 1.82) is 5.26 Å². The van der Waals surface area contributed by atoms with Crippen LogP contribution >= 0.6 is 34.8 Å². The number of imidazole rings is 1. The SMILES string of the molecule is N#CN(C(N)=Nc1ccc(Cl)cc1)C(Cn1ccnc1)c1cccc(Cl)c1Cl. The van der Waals surface area contributed by atoms with Crippen molar-refractivity contribution in [2.75, 3.05) is 0 Å². The molecule has 1 unspecified atom stereocenters. The number of hydrogen-bond donors (Lipinski definition) is 1. The summed E-state index contributed by atoms with van der Waals surface area (Å²) >= 11 is 18.5. The normalized spacial score (nSPS) is 12.4. The summed E-state index contributed by atoms with van der Waals surface area (Å²) in [4.78, 5) is 9.68. The van der Waals surface area contributed by atoms with Crippen molar-refractivity contribution in [2.24, 2.45) is 10.7 Å². The summed E-state index contributed by atoms with van der Waals surface area (Å²) in [5.41, 5.74) is 7.40. The summed E-state index contributed by atoms with van der Waals surface area (Å²) in [7, 11) is 0. The molecule has 6 nitrogen and oxygen atoms in total. The van der Waals surface area contributed by atoms with Crippen molar-refractivity contribution in [1.82, 2.24) is 14.5 Å². The van der Waals surface area contributed by atoms with Crippen LogP contribution in [-0.2, 0) is 6.54 Å². The predicted molar refractivity (Wildman–Crippen MR) is 112 cm³/mol. The number of nitrogens with zero attached hydrogens (tertiary/aromatic N) is 5. The summed E-state index contributed by atoms with van der Waals surface area (Å²) in [6, 6.07) is 11.5. The molecule has 0 aliphatic heterocycles. The van der Waals surface area contributed by atoms with Crippen LogP contribution in [-0.4, -0.2) is 20.4 Å². The van der Waals surface area contributed by atoms with Gasteiger partial charge < -0.3 is 10.3 Å². The average Bonchev–Trinajstić information content (AvgIpc) is 3.19. The Labute approximate surface area is 177 Å². The first-order valence-corrected chi connectivity index (χ1v) is 9.31. The van der Waals surface area contributed by atoms with Crippen molar-refractivity contribution in [3.05, 3.63) is 81.8 Å². The summed E-state index contributed by atoms with van der Waals surface area (Å²) < 4.78 is 1.82. The second-order valence-corrected chi connectivity index (χ2v) is 7.06. The molecule has 0 aliphatic rings. The van der Waals surface area contributed by atoms with Crippen molar-refractivity contribution in [2.45, 2.75) is 12.6 Å². The molecule has 3 aromatic rings. The van der Waals surface area contributed by atoms with E-state index in [9.17, 15) is 5.26 Å². The lowest BCUT2D eigenvalue weighted by molar-refractivity contribution is 0.371. The number of hydrogen-bond acceptors (Lipinski definition) is 3. The van der Waals surface area contributed by atoms with E-state index in [1.54, 1.807) is 61.2 Å². The number of nitriles is 1. The Kier molecular flexibility index (Phi) is 6.42. The zero-order valence-electron chi connectivity index (χ0n) is 14.5. The Hall–Kier alpha value is -2.72. The van der Waals surface area contributed by atoms with Crippen LogP contribution in [0.4, 0.5) is 5.69 Å². The number of nitrogens with two attached hydrogens (primary N) is 1. The fraction of sp³-hybridized carbons (Fsp3) is 0.105. The highest BCUT2D eigenvalue weighted by molar-refractivity contribution is 6.42. The molecule has 0 radical (unpaired) electrons. The Balaban J connectivity index is 2.02. The van der Waals surface area contributed by atoms with Crippen LogP contribution in [0.25, 0.3) is 0 Å². The van der Waals surface area contributed by atoms with E-state index in [4.69, 9.17) is 40.5 Å². The summed E-state index contributed by atoms with van der Waals surface area (Å²) in [5.74, 6) is 0.0194. The maximum atomic E-state index is 9.83. The van der Waals surface area contributed by atoms with Gasteiger partial charge in [-0.3, -0.25) is 0 Å². The van der Waals surface area contributed by atoms with Crippen LogP contribution in [0.1, 0.15) is 11.6 Å². The number of halogens is 3. The van der Waals surface area contributed by atoms with Crippen molar-refractivity contribution in [3.8, 4) is 6.19 Å². The summed E-state index contributed by atoms with van der Waals surface area (Å²) in [6.07, 6.45) is 7.19. The van der Waals surface area contributed by atoms with Gasteiger partial charge in [0.15, 0.2) is 6.19 Å². The van der Waals surface area contributed by atoms with Gasteiger partial charge in [-0.2, -0.15) is 5.26 Å². The molecule has 142 valence electrons. The highest BCUT2D eigenvalue weighted by atomic mass is 35.5. The molecule has 0 saturated heterocycles. The second kappa shape index (κ2) is 8.98. The second-order valence-electron chi connectivity index (χ2n) is 5.83. The largest absolute Gasteiger partial charge is 0.369 e. The fourth-order valence-electron chi connectivity index (χ4n) is 2.67. The van der Waals surface area contributed by atoms with Crippen molar-refractivity contribution < 1.29 is 0 Å². The molecule has 2 N–H and O–H groups in total. The van der Waals surface area contributed by atoms with E-state index >= 15 is 0 Å². The van der Waals surface area contributed by atoms with E-state index in [0.29, 0.717) is 32.9 Å². The van der Waals surface area contributed by atoms with Gasteiger partial charge in [-0.15, -0.1) is 0 Å². The van der Waals surface area contributed by atoms with Crippen LogP contribution in [0.15, 0.2) is 66.2 Å². The topological polar surface area (TPSA) is 83.2 Å². The molecule has 1 aromatic heterocycles. The van der Waals surface area contributed by atoms with Crippen LogP contribution < -0.4 is 5.73 Å². The van der Waals surface area contributed by atoms with Gasteiger partial charge in [0.25, 0.3) is 0 Å². The number of guanidine groups is 1. The van der Waals surface area contributed by atoms with E-state index in [1.807, 2.05) is 4.57 Å². The minimum Gasteiger partial charge on any atom is -0.369 e. The predicted octanol–water partition coefficient (Wildman–Crippen LogP) is 5.01. The molecule has 1 heterocycles. The van der Waals surface area contributed by atoms with Gasteiger partial charge in [0.05, 0.1) is 28.1 Å². The average molecular weight is 434 g/mol. The Morgan fingerprint density at radius 2 is 1.96 bits per heavy atom. The molecule has 0 spiro atoms. The number of rotatable bonds is 5. The molecule has 3 rings (SSSR count). The highest BCUT2D eigenvalue weighted by Gasteiger charge is 2.26. The lowest BCUT2D eigenvalue weighted by atomic mass is 10.1. The van der Waals surface area contributed by atoms with E-state index in [0.717, 1.165) is 0 Å². The molecule has 0 amide bonds. The molecule has 9 heteroatoms. The lowest BCUT2D eigenvalue weighted by Gasteiger charge is -2.27. The maximum Gasteiger partial charge on any atom is 0.210 e. The molecule has 0 fully saturated rings. The Morgan fingerprint density at radius 1 is 1.21 bits per heavy atom. The van der Waals surface area contributed by atoms with Crippen molar-refractivity contribution >= 4 is 46.4 Å². The van der Waals surface area contributed by atoms with E-state index in [1.165, 1.54) is 4.90 Å². The first kappa shape index (κ1) is 20.0. The number of aliphatic imine (C=N–C) groups is 1. The number of aromatic nitrogens is 2. The zero-order valence-corrected chi connectivity index (χ0v) is 16.8. The first-order valence-electron chi connectivity index (χ1n) is 8.18. The summed E-state index contributed by atoms with van der Waals surface area (Å²) in [6.45, 7) is 0.366. The summed E-state index contributed by atoms with van der Waals surface area (Å²) in [5, 5.41) is 11.2. The number of benzene rings is 2. The first-order chi connectivity index (χ1) is 13.5. The monoisotopic (exact) mass is 432 g/mol. The molecule has 0 bridgehead atoms. The van der Waals surface area contributed by atoms with Gasteiger partial charge in [-0.25, -0.2) is 14.9 Å². The van der Waals surface area contributed by atoms with E-state index < -0.39 is 6.04 Å². The molecular formula is C19H15Cl3N6. The third kappa shape index (κ3) is 4.57. The maximum absolute atomic E-state index is 9.83. The van der Waals surface area contributed by atoms with Gasteiger partial charge in [0.2, 0.25) is 5.96 Å². The highest BCUT2D eigenvalue weighted by Crippen LogP contribution is 2.34.